The molecule has 2 heterocycles. The van der Waals surface area contributed by atoms with E-state index in [-0.39, 0.29) is 11.9 Å². The van der Waals surface area contributed by atoms with Crippen LogP contribution in [-0.2, 0) is 11.2 Å². The van der Waals surface area contributed by atoms with Crippen LogP contribution in [0.1, 0.15) is 30.0 Å². The molecule has 0 bridgehead atoms. The Morgan fingerprint density at radius 1 is 1.39 bits per heavy atom. The fourth-order valence-electron chi connectivity index (χ4n) is 2.58. The van der Waals surface area contributed by atoms with Gasteiger partial charge in [0.05, 0.1) is 19.3 Å². The lowest BCUT2D eigenvalue weighted by Crippen LogP contribution is -2.33. The summed E-state index contributed by atoms with van der Waals surface area (Å²) in [6.45, 7) is 4.50. The standard InChI is InChI=1S/C17H20FN3O2/c1-2-22-17-5-6-20-16(21-17)10-12-3-4-13(14(18)9-12)15-11-19-7-8-23-15/h3-6,9,15,19H,2,7-8,10-11H2,1H3/t15-/m0/s1. The molecule has 1 aliphatic heterocycles. The highest BCUT2D eigenvalue weighted by Crippen LogP contribution is 2.23. The van der Waals surface area contributed by atoms with Gasteiger partial charge in [-0.1, -0.05) is 12.1 Å². The fraction of sp³-hybridized carbons (Fsp3) is 0.412. The minimum Gasteiger partial charge on any atom is -0.478 e. The number of nitrogens with zero attached hydrogens (tertiary/aromatic N) is 2. The lowest BCUT2D eigenvalue weighted by molar-refractivity contribution is 0.0255. The Labute approximate surface area is 134 Å². The highest BCUT2D eigenvalue weighted by atomic mass is 19.1. The van der Waals surface area contributed by atoms with Crippen molar-refractivity contribution in [2.24, 2.45) is 0 Å². The molecule has 23 heavy (non-hydrogen) atoms. The van der Waals surface area contributed by atoms with Gasteiger partial charge in [-0.2, -0.15) is 4.98 Å². The Hall–Kier alpha value is -2.05. The number of halogens is 1. The maximum absolute atomic E-state index is 14.4. The molecule has 0 saturated carbocycles. The van der Waals surface area contributed by atoms with Crippen LogP contribution in [0.4, 0.5) is 4.39 Å². The number of hydrogen-bond acceptors (Lipinski definition) is 5. The van der Waals surface area contributed by atoms with Gasteiger partial charge >= 0.3 is 0 Å². The predicted molar refractivity (Wildman–Crippen MR) is 84.0 cm³/mol. The maximum Gasteiger partial charge on any atom is 0.216 e. The largest absolute Gasteiger partial charge is 0.478 e. The summed E-state index contributed by atoms with van der Waals surface area (Å²) >= 11 is 0. The van der Waals surface area contributed by atoms with Gasteiger partial charge in [-0.05, 0) is 18.6 Å². The molecule has 0 unspecified atom stereocenters. The molecule has 0 radical (unpaired) electrons. The van der Waals surface area contributed by atoms with E-state index in [0.717, 1.165) is 12.1 Å². The average Bonchev–Trinajstić information content (AvgIpc) is 2.56. The van der Waals surface area contributed by atoms with E-state index in [0.29, 0.717) is 43.4 Å². The van der Waals surface area contributed by atoms with Crippen LogP contribution in [0.5, 0.6) is 5.88 Å². The summed E-state index contributed by atoms with van der Waals surface area (Å²) < 4.78 is 25.3. The number of rotatable bonds is 5. The van der Waals surface area contributed by atoms with Crippen molar-refractivity contribution in [2.45, 2.75) is 19.4 Å². The second-order valence-electron chi connectivity index (χ2n) is 5.34. The van der Waals surface area contributed by atoms with Gasteiger partial charge in [0, 0.05) is 37.3 Å². The van der Waals surface area contributed by atoms with Crippen molar-refractivity contribution in [2.75, 3.05) is 26.3 Å². The van der Waals surface area contributed by atoms with E-state index in [2.05, 4.69) is 15.3 Å². The van der Waals surface area contributed by atoms with Gasteiger partial charge in [0.25, 0.3) is 0 Å². The number of hydrogen-bond donors (Lipinski definition) is 1. The van der Waals surface area contributed by atoms with Crippen molar-refractivity contribution >= 4 is 0 Å². The Kier molecular flexibility index (Phi) is 5.15. The Balaban J connectivity index is 1.73. The van der Waals surface area contributed by atoms with Crippen molar-refractivity contribution in [3.05, 3.63) is 53.2 Å². The van der Waals surface area contributed by atoms with Crippen LogP contribution in [0.25, 0.3) is 0 Å². The van der Waals surface area contributed by atoms with Gasteiger partial charge < -0.3 is 14.8 Å². The van der Waals surface area contributed by atoms with Crippen LogP contribution in [0.2, 0.25) is 0 Å². The molecule has 6 heteroatoms. The van der Waals surface area contributed by atoms with E-state index in [1.165, 1.54) is 6.07 Å². The molecule has 5 nitrogen and oxygen atoms in total. The van der Waals surface area contributed by atoms with E-state index in [4.69, 9.17) is 9.47 Å². The average molecular weight is 317 g/mol. The van der Waals surface area contributed by atoms with Crippen molar-refractivity contribution in [3.8, 4) is 5.88 Å². The van der Waals surface area contributed by atoms with Crippen LogP contribution >= 0.6 is 0 Å². The summed E-state index contributed by atoms with van der Waals surface area (Å²) in [6.07, 6.45) is 1.89. The number of aromatic nitrogens is 2. The number of ether oxygens (including phenoxy) is 2. The topological polar surface area (TPSA) is 56.3 Å². The molecule has 1 N–H and O–H groups in total. The van der Waals surface area contributed by atoms with Crippen LogP contribution in [-0.4, -0.2) is 36.3 Å². The molecule has 0 spiro atoms. The van der Waals surface area contributed by atoms with Crippen LogP contribution < -0.4 is 10.1 Å². The second-order valence-corrected chi connectivity index (χ2v) is 5.34. The molecule has 0 aliphatic carbocycles. The molecule has 1 aromatic carbocycles. The molecular weight excluding hydrogens is 297 g/mol. The number of morpholine rings is 1. The predicted octanol–water partition coefficient (Wildman–Crippen LogP) is 2.27. The monoisotopic (exact) mass is 317 g/mol. The Morgan fingerprint density at radius 3 is 3.04 bits per heavy atom. The zero-order valence-electron chi connectivity index (χ0n) is 13.1. The quantitative estimate of drug-likeness (QED) is 0.917. The van der Waals surface area contributed by atoms with E-state index >= 15 is 0 Å². The summed E-state index contributed by atoms with van der Waals surface area (Å²) in [5, 5.41) is 3.21. The zero-order chi connectivity index (χ0) is 16.1. The molecule has 3 rings (SSSR count). The fourth-order valence-corrected chi connectivity index (χ4v) is 2.58. The van der Waals surface area contributed by atoms with Gasteiger partial charge in [0.15, 0.2) is 0 Å². The third-order valence-electron chi connectivity index (χ3n) is 3.67. The molecule has 122 valence electrons. The molecule has 1 fully saturated rings. The molecule has 1 atom stereocenters. The number of benzene rings is 1. The molecule has 0 amide bonds. The molecule has 1 saturated heterocycles. The van der Waals surface area contributed by atoms with Crippen molar-refractivity contribution in [1.29, 1.82) is 0 Å². The summed E-state index contributed by atoms with van der Waals surface area (Å²) in [6, 6.07) is 6.93. The first-order chi connectivity index (χ1) is 11.3. The molecular formula is C17H20FN3O2. The number of nitrogens with one attached hydrogen (secondary N) is 1. The Bertz CT molecular complexity index is 660. The maximum atomic E-state index is 14.4. The van der Waals surface area contributed by atoms with E-state index < -0.39 is 0 Å². The van der Waals surface area contributed by atoms with E-state index in [1.807, 2.05) is 13.0 Å². The lowest BCUT2D eigenvalue weighted by Gasteiger charge is -2.24. The lowest BCUT2D eigenvalue weighted by atomic mass is 10.0. The Morgan fingerprint density at radius 2 is 2.30 bits per heavy atom. The summed E-state index contributed by atoms with van der Waals surface area (Å²) in [7, 11) is 0. The summed E-state index contributed by atoms with van der Waals surface area (Å²) in [4.78, 5) is 8.52. The molecule has 2 aromatic rings. The SMILES string of the molecule is CCOc1ccnc(Cc2ccc([C@@H]3CNCCO3)c(F)c2)n1. The smallest absolute Gasteiger partial charge is 0.216 e. The highest BCUT2D eigenvalue weighted by molar-refractivity contribution is 5.29. The van der Waals surface area contributed by atoms with Gasteiger partial charge in [0.2, 0.25) is 5.88 Å². The van der Waals surface area contributed by atoms with Gasteiger partial charge in [0.1, 0.15) is 11.6 Å². The minimum atomic E-state index is -0.253. The van der Waals surface area contributed by atoms with Crippen molar-refractivity contribution in [3.63, 3.8) is 0 Å². The normalized spacial score (nSPS) is 17.9. The van der Waals surface area contributed by atoms with Crippen molar-refractivity contribution in [1.82, 2.24) is 15.3 Å². The summed E-state index contributed by atoms with van der Waals surface area (Å²) in [5.41, 5.74) is 1.41. The van der Waals surface area contributed by atoms with Crippen molar-refractivity contribution < 1.29 is 13.9 Å². The van der Waals surface area contributed by atoms with E-state index in [9.17, 15) is 4.39 Å². The third-order valence-corrected chi connectivity index (χ3v) is 3.67. The second kappa shape index (κ2) is 7.48. The van der Waals surface area contributed by atoms with E-state index in [1.54, 1.807) is 18.3 Å². The third kappa shape index (κ3) is 4.03. The first kappa shape index (κ1) is 15.8. The van der Waals surface area contributed by atoms with Crippen LogP contribution in [0.15, 0.2) is 30.5 Å². The first-order valence-corrected chi connectivity index (χ1v) is 7.81. The first-order valence-electron chi connectivity index (χ1n) is 7.81. The molecule has 1 aliphatic rings. The van der Waals surface area contributed by atoms with Crippen LogP contribution in [0, 0.1) is 5.82 Å². The zero-order valence-corrected chi connectivity index (χ0v) is 13.1. The summed E-state index contributed by atoms with van der Waals surface area (Å²) in [5.74, 6) is 0.895. The molecule has 1 aromatic heterocycles. The minimum absolute atomic E-state index is 0.227. The highest BCUT2D eigenvalue weighted by Gasteiger charge is 2.19. The van der Waals surface area contributed by atoms with Gasteiger partial charge in [-0.15, -0.1) is 0 Å². The van der Waals surface area contributed by atoms with Gasteiger partial charge in [-0.25, -0.2) is 9.37 Å². The van der Waals surface area contributed by atoms with Crippen LogP contribution in [0.3, 0.4) is 0 Å². The van der Waals surface area contributed by atoms with Gasteiger partial charge in [-0.3, -0.25) is 0 Å².